The van der Waals surface area contributed by atoms with Crippen LogP contribution in [0.4, 0.5) is 0 Å². The molecule has 0 fully saturated rings. The van der Waals surface area contributed by atoms with Gasteiger partial charge < -0.3 is 0 Å². The summed E-state index contributed by atoms with van der Waals surface area (Å²) >= 11 is 5.74. The fraction of sp³-hybridized carbons (Fsp3) is 0.611. The third-order valence-electron chi connectivity index (χ3n) is 5.26. The van der Waals surface area contributed by atoms with E-state index in [-0.39, 0.29) is 22.5 Å². The maximum Gasteiger partial charge on any atom is 0.177 e. The van der Waals surface area contributed by atoms with Gasteiger partial charge in [-0.1, -0.05) is 40.7 Å². The van der Waals surface area contributed by atoms with Crippen molar-refractivity contribution < 1.29 is 4.79 Å². The molecule has 0 saturated heterocycles. The van der Waals surface area contributed by atoms with Crippen LogP contribution < -0.4 is 0 Å². The van der Waals surface area contributed by atoms with Crippen LogP contribution in [0.15, 0.2) is 12.1 Å². The van der Waals surface area contributed by atoms with Gasteiger partial charge in [-0.15, -0.1) is 11.6 Å². The van der Waals surface area contributed by atoms with Gasteiger partial charge in [0.05, 0.1) is 5.88 Å². The monoisotopic (exact) mass is 292 g/mol. The molecule has 0 amide bonds. The highest BCUT2D eigenvalue weighted by atomic mass is 35.5. The Kier molecular flexibility index (Phi) is 3.79. The average molecular weight is 293 g/mol. The lowest BCUT2D eigenvalue weighted by atomic mass is 9.58. The van der Waals surface area contributed by atoms with Crippen LogP contribution in [0.3, 0.4) is 0 Å². The SMILES string of the molecule is Cc1cc2c(cc1C(=O)CCl)C(C)(C)CC(C)C2(C)C. The number of carbonyl (C=O) groups excluding carboxylic acids is 1. The number of fused-ring (bicyclic) bond motifs is 1. The normalized spacial score (nSPS) is 23.2. The van der Waals surface area contributed by atoms with Gasteiger partial charge in [-0.25, -0.2) is 0 Å². The second-order valence-corrected chi connectivity index (χ2v) is 7.75. The fourth-order valence-electron chi connectivity index (χ4n) is 3.57. The number of rotatable bonds is 2. The van der Waals surface area contributed by atoms with E-state index in [4.69, 9.17) is 11.6 Å². The number of hydrogen-bond donors (Lipinski definition) is 0. The van der Waals surface area contributed by atoms with E-state index in [1.54, 1.807) is 0 Å². The summed E-state index contributed by atoms with van der Waals surface area (Å²) in [6, 6.07) is 4.32. The molecule has 0 aromatic heterocycles. The van der Waals surface area contributed by atoms with Crippen molar-refractivity contribution >= 4 is 17.4 Å². The van der Waals surface area contributed by atoms with E-state index in [1.165, 1.54) is 11.1 Å². The number of aryl methyl sites for hydroxylation is 1. The standard InChI is InChI=1S/C18H25ClO/c1-11-7-15-14(8-13(11)16(20)10-19)17(3,4)9-12(2)18(15,5)6/h7-8,12H,9-10H2,1-6H3. The van der Waals surface area contributed by atoms with Crippen LogP contribution in [-0.4, -0.2) is 11.7 Å². The zero-order valence-electron chi connectivity index (χ0n) is 13.4. The predicted molar refractivity (Wildman–Crippen MR) is 86.1 cm³/mol. The average Bonchev–Trinajstić information content (AvgIpc) is 2.35. The Bertz CT molecular complexity index is 555. The molecular formula is C18H25ClO. The summed E-state index contributed by atoms with van der Waals surface area (Å²) in [7, 11) is 0. The van der Waals surface area contributed by atoms with Gasteiger partial charge in [0.2, 0.25) is 0 Å². The molecule has 0 radical (unpaired) electrons. The molecule has 0 bridgehead atoms. The molecule has 1 aromatic carbocycles. The van der Waals surface area contributed by atoms with Gasteiger partial charge in [-0.05, 0) is 52.8 Å². The molecule has 20 heavy (non-hydrogen) atoms. The van der Waals surface area contributed by atoms with E-state index in [0.717, 1.165) is 17.5 Å². The zero-order valence-corrected chi connectivity index (χ0v) is 14.2. The van der Waals surface area contributed by atoms with Crippen molar-refractivity contribution in [1.82, 2.24) is 0 Å². The van der Waals surface area contributed by atoms with E-state index in [0.29, 0.717) is 5.92 Å². The first-order valence-corrected chi connectivity index (χ1v) is 7.89. The summed E-state index contributed by atoms with van der Waals surface area (Å²) in [5.41, 5.74) is 4.81. The zero-order chi connectivity index (χ0) is 15.3. The van der Waals surface area contributed by atoms with Crippen LogP contribution >= 0.6 is 11.6 Å². The van der Waals surface area contributed by atoms with Crippen molar-refractivity contribution in [3.8, 4) is 0 Å². The Morgan fingerprint density at radius 2 is 1.85 bits per heavy atom. The summed E-state index contributed by atoms with van der Waals surface area (Å²) in [5.74, 6) is 0.706. The molecule has 1 aliphatic rings. The fourth-order valence-corrected chi connectivity index (χ4v) is 3.71. The van der Waals surface area contributed by atoms with E-state index in [1.807, 2.05) is 6.92 Å². The number of hydrogen-bond acceptors (Lipinski definition) is 1. The molecule has 1 aliphatic carbocycles. The summed E-state index contributed by atoms with van der Waals surface area (Å²) in [4.78, 5) is 12.0. The molecule has 2 heteroatoms. The molecule has 0 spiro atoms. The van der Waals surface area contributed by atoms with E-state index in [9.17, 15) is 4.79 Å². The molecule has 1 atom stereocenters. The molecule has 1 aromatic rings. The highest BCUT2D eigenvalue weighted by molar-refractivity contribution is 6.30. The summed E-state index contributed by atoms with van der Waals surface area (Å²) in [6.45, 7) is 13.5. The number of halogens is 1. The van der Waals surface area contributed by atoms with Crippen LogP contribution in [-0.2, 0) is 10.8 Å². The van der Waals surface area contributed by atoms with Crippen LogP contribution in [0.25, 0.3) is 0 Å². The molecular weight excluding hydrogens is 268 g/mol. The molecule has 1 unspecified atom stereocenters. The van der Waals surface area contributed by atoms with Crippen molar-refractivity contribution in [1.29, 1.82) is 0 Å². The first kappa shape index (κ1) is 15.6. The van der Waals surface area contributed by atoms with Crippen LogP contribution in [0.2, 0.25) is 0 Å². The topological polar surface area (TPSA) is 17.1 Å². The van der Waals surface area contributed by atoms with E-state index < -0.39 is 0 Å². The minimum Gasteiger partial charge on any atom is -0.293 e. The van der Waals surface area contributed by atoms with Gasteiger partial charge in [0.15, 0.2) is 5.78 Å². The largest absolute Gasteiger partial charge is 0.293 e. The Morgan fingerprint density at radius 3 is 2.40 bits per heavy atom. The number of carbonyl (C=O) groups is 1. The first-order chi connectivity index (χ1) is 9.11. The highest BCUT2D eigenvalue weighted by Gasteiger charge is 2.42. The summed E-state index contributed by atoms with van der Waals surface area (Å²) < 4.78 is 0. The Morgan fingerprint density at radius 1 is 1.25 bits per heavy atom. The van der Waals surface area contributed by atoms with Crippen molar-refractivity contribution in [2.45, 2.75) is 58.8 Å². The number of Topliss-reactive ketones (excluding diaryl/α,β-unsaturated/α-hetero) is 1. The maximum absolute atomic E-state index is 12.0. The summed E-state index contributed by atoms with van der Waals surface area (Å²) in [5, 5.41) is 0. The lowest BCUT2D eigenvalue weighted by molar-refractivity contribution is 0.102. The Hall–Kier alpha value is -0.820. The lowest BCUT2D eigenvalue weighted by Gasteiger charge is -2.47. The molecule has 2 rings (SSSR count). The minimum absolute atomic E-state index is 0.0270. The predicted octanol–water partition coefficient (Wildman–Crippen LogP) is 5.01. The van der Waals surface area contributed by atoms with Gasteiger partial charge >= 0.3 is 0 Å². The maximum atomic E-state index is 12.0. The Balaban J connectivity index is 2.71. The molecule has 0 saturated carbocycles. The number of benzene rings is 1. The Labute approximate surface area is 127 Å². The minimum atomic E-state index is 0.0270. The molecule has 0 aliphatic heterocycles. The van der Waals surface area contributed by atoms with Crippen molar-refractivity contribution in [2.24, 2.45) is 5.92 Å². The molecule has 110 valence electrons. The van der Waals surface area contributed by atoms with Crippen molar-refractivity contribution in [2.75, 3.05) is 5.88 Å². The number of alkyl halides is 1. The van der Waals surface area contributed by atoms with Crippen LogP contribution in [0.5, 0.6) is 0 Å². The smallest absolute Gasteiger partial charge is 0.177 e. The summed E-state index contributed by atoms with van der Waals surface area (Å²) in [6.07, 6.45) is 1.14. The first-order valence-electron chi connectivity index (χ1n) is 7.36. The van der Waals surface area contributed by atoms with Crippen LogP contribution in [0, 0.1) is 12.8 Å². The van der Waals surface area contributed by atoms with Gasteiger partial charge in [0.1, 0.15) is 0 Å². The molecule has 1 nitrogen and oxygen atoms in total. The van der Waals surface area contributed by atoms with Gasteiger partial charge in [0.25, 0.3) is 0 Å². The van der Waals surface area contributed by atoms with Crippen molar-refractivity contribution in [3.63, 3.8) is 0 Å². The van der Waals surface area contributed by atoms with Crippen molar-refractivity contribution in [3.05, 3.63) is 34.4 Å². The lowest BCUT2D eigenvalue weighted by Crippen LogP contribution is -2.40. The molecule has 0 heterocycles. The van der Waals surface area contributed by atoms with Gasteiger partial charge in [-0.2, -0.15) is 0 Å². The quantitative estimate of drug-likeness (QED) is 0.553. The molecule has 0 N–H and O–H groups in total. The third kappa shape index (κ3) is 2.30. The van der Waals surface area contributed by atoms with Gasteiger partial charge in [-0.3, -0.25) is 4.79 Å². The van der Waals surface area contributed by atoms with Crippen LogP contribution in [0.1, 0.15) is 68.1 Å². The van der Waals surface area contributed by atoms with Gasteiger partial charge in [0, 0.05) is 5.56 Å². The highest BCUT2D eigenvalue weighted by Crippen LogP contribution is 2.49. The van der Waals surface area contributed by atoms with E-state index >= 15 is 0 Å². The van der Waals surface area contributed by atoms with E-state index in [2.05, 4.69) is 46.8 Å². The second kappa shape index (κ2) is 4.87. The third-order valence-corrected chi connectivity index (χ3v) is 5.50. The second-order valence-electron chi connectivity index (χ2n) is 7.48. The number of ketones is 1.